The number of amides is 2. The number of anilines is 1. The number of hydrogen-bond donors (Lipinski definition) is 1. The Bertz CT molecular complexity index is 822. The first kappa shape index (κ1) is 19.9. The van der Waals surface area contributed by atoms with E-state index in [9.17, 15) is 9.59 Å². The Labute approximate surface area is 166 Å². The number of likely N-dealkylation sites (tertiary alicyclic amines) is 1. The minimum Gasteiger partial charge on any atom is -0.491 e. The van der Waals surface area contributed by atoms with E-state index >= 15 is 0 Å². The standard InChI is InChI=1S/C23H28N2O3/c1-16(2)28-21-9-7-18(8-10-21)22(26)24-20-6-4-5-19(15-20)23(27)25-13-11-17(3)12-14-25/h4-10,15-17H,11-14H2,1-3H3,(H,24,26). The predicted molar refractivity (Wildman–Crippen MR) is 111 cm³/mol. The molecule has 2 aromatic rings. The number of rotatable bonds is 5. The first-order valence-electron chi connectivity index (χ1n) is 9.90. The molecule has 28 heavy (non-hydrogen) atoms. The van der Waals surface area contributed by atoms with Gasteiger partial charge in [-0.25, -0.2) is 0 Å². The number of nitrogens with zero attached hydrogens (tertiary/aromatic N) is 1. The van der Waals surface area contributed by atoms with Gasteiger partial charge in [-0.1, -0.05) is 13.0 Å². The molecule has 1 N–H and O–H groups in total. The molecule has 1 saturated heterocycles. The molecule has 5 nitrogen and oxygen atoms in total. The van der Waals surface area contributed by atoms with Crippen LogP contribution in [0.3, 0.4) is 0 Å². The maximum atomic E-state index is 12.7. The normalized spacial score (nSPS) is 14.8. The van der Waals surface area contributed by atoms with E-state index in [2.05, 4.69) is 12.2 Å². The maximum Gasteiger partial charge on any atom is 0.255 e. The first-order chi connectivity index (χ1) is 13.4. The fourth-order valence-electron chi connectivity index (χ4n) is 3.28. The van der Waals surface area contributed by atoms with Gasteiger partial charge in [-0.05, 0) is 75.1 Å². The average molecular weight is 380 g/mol. The van der Waals surface area contributed by atoms with Gasteiger partial charge in [0.1, 0.15) is 5.75 Å². The number of hydrogen-bond acceptors (Lipinski definition) is 3. The number of nitrogens with one attached hydrogen (secondary N) is 1. The van der Waals surface area contributed by atoms with E-state index in [4.69, 9.17) is 4.74 Å². The van der Waals surface area contributed by atoms with Gasteiger partial charge in [0.2, 0.25) is 0 Å². The third-order valence-corrected chi connectivity index (χ3v) is 4.93. The van der Waals surface area contributed by atoms with Crippen LogP contribution in [0.1, 0.15) is 54.3 Å². The lowest BCUT2D eigenvalue weighted by atomic mass is 9.98. The molecule has 0 spiro atoms. The Kier molecular flexibility index (Phi) is 6.34. The zero-order chi connectivity index (χ0) is 20.1. The molecular weight excluding hydrogens is 352 g/mol. The van der Waals surface area contributed by atoms with E-state index < -0.39 is 0 Å². The van der Waals surface area contributed by atoms with Crippen molar-refractivity contribution in [1.29, 1.82) is 0 Å². The molecule has 1 fully saturated rings. The van der Waals surface area contributed by atoms with Crippen molar-refractivity contribution in [3.8, 4) is 5.75 Å². The Morgan fingerprint density at radius 2 is 1.71 bits per heavy atom. The monoisotopic (exact) mass is 380 g/mol. The molecule has 0 atom stereocenters. The lowest BCUT2D eigenvalue weighted by Gasteiger charge is -2.30. The van der Waals surface area contributed by atoms with Gasteiger partial charge < -0.3 is 15.0 Å². The third kappa shape index (κ3) is 5.12. The molecule has 1 aliphatic rings. The van der Waals surface area contributed by atoms with Crippen molar-refractivity contribution in [2.24, 2.45) is 5.92 Å². The van der Waals surface area contributed by atoms with E-state index in [1.54, 1.807) is 48.5 Å². The third-order valence-electron chi connectivity index (χ3n) is 4.93. The van der Waals surface area contributed by atoms with Crippen LogP contribution in [0.5, 0.6) is 5.75 Å². The van der Waals surface area contributed by atoms with Gasteiger partial charge in [-0.3, -0.25) is 9.59 Å². The Balaban J connectivity index is 1.65. The molecule has 2 aromatic carbocycles. The molecule has 3 rings (SSSR count). The predicted octanol–water partition coefficient (Wildman–Crippen LogP) is 4.60. The minimum atomic E-state index is -0.215. The molecule has 2 amide bonds. The molecule has 1 aliphatic heterocycles. The van der Waals surface area contributed by atoms with Crippen LogP contribution in [0.25, 0.3) is 0 Å². The zero-order valence-electron chi connectivity index (χ0n) is 16.8. The Morgan fingerprint density at radius 1 is 1.04 bits per heavy atom. The van der Waals surface area contributed by atoms with Crippen molar-refractivity contribution in [2.75, 3.05) is 18.4 Å². The number of carbonyl (C=O) groups is 2. The molecule has 148 valence electrons. The second-order valence-corrected chi connectivity index (χ2v) is 7.70. The molecular formula is C23H28N2O3. The molecule has 0 aromatic heterocycles. The highest BCUT2D eigenvalue weighted by atomic mass is 16.5. The number of ether oxygens (including phenoxy) is 1. The summed E-state index contributed by atoms with van der Waals surface area (Å²) in [5, 5.41) is 2.87. The number of benzene rings is 2. The van der Waals surface area contributed by atoms with Crippen LogP contribution >= 0.6 is 0 Å². The lowest BCUT2D eigenvalue weighted by Crippen LogP contribution is -2.37. The highest BCUT2D eigenvalue weighted by Gasteiger charge is 2.21. The van der Waals surface area contributed by atoms with Gasteiger partial charge in [-0.2, -0.15) is 0 Å². The van der Waals surface area contributed by atoms with Crippen molar-refractivity contribution in [3.05, 3.63) is 59.7 Å². The Morgan fingerprint density at radius 3 is 2.36 bits per heavy atom. The van der Waals surface area contributed by atoms with E-state index in [1.165, 1.54) is 0 Å². The molecule has 1 heterocycles. The summed E-state index contributed by atoms with van der Waals surface area (Å²) in [6.45, 7) is 7.72. The first-order valence-corrected chi connectivity index (χ1v) is 9.90. The summed E-state index contributed by atoms with van der Waals surface area (Å²) < 4.78 is 5.60. The van der Waals surface area contributed by atoms with Gasteiger partial charge >= 0.3 is 0 Å². The van der Waals surface area contributed by atoms with Crippen molar-refractivity contribution in [2.45, 2.75) is 39.7 Å². The van der Waals surface area contributed by atoms with E-state index in [0.717, 1.165) is 31.7 Å². The van der Waals surface area contributed by atoms with Gasteiger partial charge in [-0.15, -0.1) is 0 Å². The highest BCUT2D eigenvalue weighted by Crippen LogP contribution is 2.20. The fraction of sp³-hybridized carbons (Fsp3) is 0.391. The summed E-state index contributed by atoms with van der Waals surface area (Å²) in [5.41, 5.74) is 1.76. The van der Waals surface area contributed by atoms with Crippen molar-refractivity contribution >= 4 is 17.5 Å². The second kappa shape index (κ2) is 8.91. The average Bonchev–Trinajstić information content (AvgIpc) is 2.68. The molecule has 0 saturated carbocycles. The van der Waals surface area contributed by atoms with Gasteiger partial charge in [0.15, 0.2) is 0 Å². The summed E-state index contributed by atoms with van der Waals surface area (Å²) in [4.78, 5) is 27.2. The highest BCUT2D eigenvalue weighted by molar-refractivity contribution is 6.05. The summed E-state index contributed by atoms with van der Waals surface area (Å²) in [5.74, 6) is 1.22. The van der Waals surface area contributed by atoms with Crippen molar-refractivity contribution < 1.29 is 14.3 Å². The minimum absolute atomic E-state index is 0.0261. The molecule has 0 radical (unpaired) electrons. The maximum absolute atomic E-state index is 12.7. The lowest BCUT2D eigenvalue weighted by molar-refractivity contribution is 0.0697. The molecule has 0 aliphatic carbocycles. The van der Waals surface area contributed by atoms with Crippen LogP contribution in [-0.4, -0.2) is 35.9 Å². The van der Waals surface area contributed by atoms with Crippen LogP contribution < -0.4 is 10.1 Å². The van der Waals surface area contributed by atoms with Crippen LogP contribution in [0, 0.1) is 5.92 Å². The summed E-state index contributed by atoms with van der Waals surface area (Å²) >= 11 is 0. The summed E-state index contributed by atoms with van der Waals surface area (Å²) in [7, 11) is 0. The van der Waals surface area contributed by atoms with Gasteiger partial charge in [0.25, 0.3) is 11.8 Å². The number of piperidine rings is 1. The smallest absolute Gasteiger partial charge is 0.255 e. The van der Waals surface area contributed by atoms with Crippen LogP contribution in [-0.2, 0) is 0 Å². The second-order valence-electron chi connectivity index (χ2n) is 7.70. The molecule has 5 heteroatoms. The topological polar surface area (TPSA) is 58.6 Å². The molecule has 0 unspecified atom stereocenters. The van der Waals surface area contributed by atoms with E-state index in [0.29, 0.717) is 22.7 Å². The SMILES string of the molecule is CC1CCN(C(=O)c2cccc(NC(=O)c3ccc(OC(C)C)cc3)c2)CC1. The van der Waals surface area contributed by atoms with E-state index in [1.807, 2.05) is 18.7 Å². The Hall–Kier alpha value is -2.82. The quantitative estimate of drug-likeness (QED) is 0.825. The fourth-order valence-corrected chi connectivity index (χ4v) is 3.28. The van der Waals surface area contributed by atoms with E-state index in [-0.39, 0.29) is 17.9 Å². The van der Waals surface area contributed by atoms with Crippen LogP contribution in [0.2, 0.25) is 0 Å². The zero-order valence-corrected chi connectivity index (χ0v) is 16.8. The molecule has 0 bridgehead atoms. The number of carbonyl (C=O) groups excluding carboxylic acids is 2. The van der Waals surface area contributed by atoms with Crippen molar-refractivity contribution in [3.63, 3.8) is 0 Å². The van der Waals surface area contributed by atoms with Gasteiger partial charge in [0, 0.05) is 29.9 Å². The summed E-state index contributed by atoms with van der Waals surface area (Å²) in [6, 6.07) is 14.2. The van der Waals surface area contributed by atoms with Crippen LogP contribution in [0.15, 0.2) is 48.5 Å². The van der Waals surface area contributed by atoms with Crippen LogP contribution in [0.4, 0.5) is 5.69 Å². The summed E-state index contributed by atoms with van der Waals surface area (Å²) in [6.07, 6.45) is 2.17. The van der Waals surface area contributed by atoms with Gasteiger partial charge in [0.05, 0.1) is 6.10 Å². The largest absolute Gasteiger partial charge is 0.491 e. The van der Waals surface area contributed by atoms with Crippen molar-refractivity contribution in [1.82, 2.24) is 4.90 Å².